The second-order valence-electron chi connectivity index (χ2n) is 7.49. The number of aromatic hydroxyl groups is 2. The Bertz CT molecular complexity index is 1110. The summed E-state index contributed by atoms with van der Waals surface area (Å²) in [5.41, 5.74) is 3.47. The van der Waals surface area contributed by atoms with Gasteiger partial charge >= 0.3 is 0 Å². The van der Waals surface area contributed by atoms with Crippen LogP contribution >= 0.6 is 0 Å². The van der Waals surface area contributed by atoms with Gasteiger partial charge in [0.1, 0.15) is 11.5 Å². The van der Waals surface area contributed by atoms with E-state index in [9.17, 15) is 19.8 Å². The molecule has 0 aliphatic rings. The number of phenolic OH excluding ortho intramolecular Hbond substituents is 2. The van der Waals surface area contributed by atoms with Crippen LogP contribution in [0.4, 0.5) is 5.69 Å². The Morgan fingerprint density at radius 1 is 0.781 bits per heavy atom. The summed E-state index contributed by atoms with van der Waals surface area (Å²) in [4.78, 5) is 23.9. The molecule has 7 nitrogen and oxygen atoms in total. The van der Waals surface area contributed by atoms with Crippen molar-refractivity contribution in [2.24, 2.45) is 5.10 Å². The Hall–Kier alpha value is -3.87. The summed E-state index contributed by atoms with van der Waals surface area (Å²) in [7, 11) is 0. The fourth-order valence-electron chi connectivity index (χ4n) is 3.36. The number of hydrazone groups is 1. The molecule has 0 aliphatic heterocycles. The molecule has 0 spiro atoms. The summed E-state index contributed by atoms with van der Waals surface area (Å²) < 4.78 is 0. The molecule has 0 saturated heterocycles. The lowest BCUT2D eigenvalue weighted by Gasteiger charge is -2.07. The molecule has 166 valence electrons. The van der Waals surface area contributed by atoms with Crippen molar-refractivity contribution in [3.8, 4) is 11.5 Å². The number of rotatable bonds is 10. The summed E-state index contributed by atoms with van der Waals surface area (Å²) in [6, 6.07) is 17.7. The molecule has 0 bridgehead atoms. The van der Waals surface area contributed by atoms with Gasteiger partial charge in [0, 0.05) is 18.4 Å². The Balaban J connectivity index is 1.33. The number of fused-ring (bicyclic) bond motifs is 1. The number of carbonyl (C=O) groups is 2. The molecule has 7 heteroatoms. The van der Waals surface area contributed by atoms with Crippen LogP contribution < -0.4 is 10.7 Å². The summed E-state index contributed by atoms with van der Waals surface area (Å²) in [6.45, 7) is 0. The number of unbranched alkanes of at least 4 members (excludes halogenated alkanes) is 3. The lowest BCUT2D eigenvalue weighted by Crippen LogP contribution is -2.17. The Morgan fingerprint density at radius 2 is 1.47 bits per heavy atom. The fourth-order valence-corrected chi connectivity index (χ4v) is 3.36. The first-order valence-corrected chi connectivity index (χ1v) is 10.6. The molecule has 0 radical (unpaired) electrons. The van der Waals surface area contributed by atoms with Gasteiger partial charge in [-0.2, -0.15) is 5.10 Å². The third kappa shape index (κ3) is 6.57. The Kier molecular flexibility index (Phi) is 8.20. The minimum Gasteiger partial charge on any atom is -0.507 e. The largest absolute Gasteiger partial charge is 0.507 e. The van der Waals surface area contributed by atoms with Crippen molar-refractivity contribution < 1.29 is 19.8 Å². The van der Waals surface area contributed by atoms with E-state index in [1.807, 2.05) is 30.3 Å². The maximum absolute atomic E-state index is 12.0. The van der Waals surface area contributed by atoms with Crippen molar-refractivity contribution in [2.45, 2.75) is 38.5 Å². The van der Waals surface area contributed by atoms with E-state index in [-0.39, 0.29) is 23.3 Å². The maximum Gasteiger partial charge on any atom is 0.240 e. The number of nitrogens with zero attached hydrogens (tertiary/aromatic N) is 1. The molecule has 0 aliphatic carbocycles. The van der Waals surface area contributed by atoms with Gasteiger partial charge in [-0.25, -0.2) is 5.43 Å². The SMILES string of the molecule is O=C(CCCCCCC(=O)Nc1ccccc1O)NN=Cc1c(O)ccc2ccccc12. The highest BCUT2D eigenvalue weighted by Gasteiger charge is 2.07. The van der Waals surface area contributed by atoms with Crippen LogP contribution in [0.2, 0.25) is 0 Å². The van der Waals surface area contributed by atoms with Crippen LogP contribution in [0.15, 0.2) is 65.8 Å². The molecule has 0 atom stereocenters. The third-order valence-electron chi connectivity index (χ3n) is 5.07. The molecule has 3 aromatic rings. The van der Waals surface area contributed by atoms with Crippen LogP contribution in [0.5, 0.6) is 11.5 Å². The third-order valence-corrected chi connectivity index (χ3v) is 5.07. The van der Waals surface area contributed by atoms with Crippen LogP contribution in [0.3, 0.4) is 0 Å². The first-order valence-electron chi connectivity index (χ1n) is 10.6. The molecule has 0 saturated carbocycles. The van der Waals surface area contributed by atoms with Gasteiger partial charge in [-0.3, -0.25) is 9.59 Å². The summed E-state index contributed by atoms with van der Waals surface area (Å²) in [5.74, 6) is -0.188. The van der Waals surface area contributed by atoms with Crippen molar-refractivity contribution in [1.82, 2.24) is 5.43 Å². The van der Waals surface area contributed by atoms with Gasteiger partial charge in [-0.05, 0) is 41.8 Å². The number of hydrogen-bond acceptors (Lipinski definition) is 5. The van der Waals surface area contributed by atoms with E-state index in [1.165, 1.54) is 12.3 Å². The van der Waals surface area contributed by atoms with E-state index in [4.69, 9.17) is 0 Å². The average molecular weight is 434 g/mol. The topological polar surface area (TPSA) is 111 Å². The lowest BCUT2D eigenvalue weighted by molar-refractivity contribution is -0.121. The van der Waals surface area contributed by atoms with Crippen molar-refractivity contribution in [3.63, 3.8) is 0 Å². The van der Waals surface area contributed by atoms with Crippen molar-refractivity contribution in [3.05, 3.63) is 66.2 Å². The molecule has 0 heterocycles. The number of nitrogens with one attached hydrogen (secondary N) is 2. The van der Waals surface area contributed by atoms with E-state index in [0.717, 1.165) is 23.6 Å². The molecule has 4 N–H and O–H groups in total. The van der Waals surface area contributed by atoms with Gasteiger partial charge < -0.3 is 15.5 Å². The van der Waals surface area contributed by atoms with Crippen molar-refractivity contribution in [2.75, 3.05) is 5.32 Å². The van der Waals surface area contributed by atoms with E-state index in [0.29, 0.717) is 36.9 Å². The Labute approximate surface area is 186 Å². The van der Waals surface area contributed by atoms with Crippen LogP contribution in [-0.4, -0.2) is 28.2 Å². The van der Waals surface area contributed by atoms with Gasteiger partial charge in [0.2, 0.25) is 11.8 Å². The second kappa shape index (κ2) is 11.5. The Morgan fingerprint density at radius 3 is 2.25 bits per heavy atom. The molecule has 3 aromatic carbocycles. The molecular weight excluding hydrogens is 406 g/mol. The van der Waals surface area contributed by atoms with E-state index < -0.39 is 0 Å². The van der Waals surface area contributed by atoms with Gasteiger partial charge in [0.05, 0.1) is 11.9 Å². The normalized spacial score (nSPS) is 11.0. The number of benzene rings is 3. The summed E-state index contributed by atoms with van der Waals surface area (Å²) >= 11 is 0. The first kappa shape index (κ1) is 22.8. The number of phenols is 2. The number of anilines is 1. The summed E-state index contributed by atoms with van der Waals surface area (Å²) in [6.07, 6.45) is 5.21. The van der Waals surface area contributed by atoms with Crippen molar-refractivity contribution >= 4 is 34.5 Å². The van der Waals surface area contributed by atoms with E-state index in [1.54, 1.807) is 24.3 Å². The number of para-hydroxylation sites is 2. The van der Waals surface area contributed by atoms with Crippen LogP contribution in [-0.2, 0) is 9.59 Å². The van der Waals surface area contributed by atoms with E-state index >= 15 is 0 Å². The average Bonchev–Trinajstić information content (AvgIpc) is 2.79. The van der Waals surface area contributed by atoms with Gasteiger partial charge in [0.25, 0.3) is 0 Å². The minimum atomic E-state index is -0.196. The van der Waals surface area contributed by atoms with Crippen molar-refractivity contribution in [1.29, 1.82) is 0 Å². The fraction of sp³-hybridized carbons (Fsp3) is 0.240. The highest BCUT2D eigenvalue weighted by atomic mass is 16.3. The highest BCUT2D eigenvalue weighted by molar-refractivity contribution is 6.02. The number of hydrogen-bond donors (Lipinski definition) is 4. The molecule has 0 aromatic heterocycles. The number of carbonyl (C=O) groups excluding carboxylic acids is 2. The predicted octanol–water partition coefficient (Wildman–Crippen LogP) is 4.68. The number of amides is 2. The molecule has 32 heavy (non-hydrogen) atoms. The van der Waals surface area contributed by atoms with Gasteiger partial charge in [-0.15, -0.1) is 0 Å². The van der Waals surface area contributed by atoms with Crippen LogP contribution in [0, 0.1) is 0 Å². The quantitative estimate of drug-likeness (QED) is 0.161. The van der Waals surface area contributed by atoms with E-state index in [2.05, 4.69) is 15.8 Å². The molecular formula is C25H27N3O4. The lowest BCUT2D eigenvalue weighted by atomic mass is 10.0. The first-order chi connectivity index (χ1) is 15.5. The monoisotopic (exact) mass is 433 g/mol. The predicted molar refractivity (Wildman–Crippen MR) is 126 cm³/mol. The zero-order valence-electron chi connectivity index (χ0n) is 17.8. The van der Waals surface area contributed by atoms with Crippen LogP contribution in [0.25, 0.3) is 10.8 Å². The van der Waals surface area contributed by atoms with Gasteiger partial charge in [0.15, 0.2) is 0 Å². The second-order valence-corrected chi connectivity index (χ2v) is 7.49. The molecule has 3 rings (SSSR count). The zero-order valence-corrected chi connectivity index (χ0v) is 17.8. The smallest absolute Gasteiger partial charge is 0.240 e. The molecule has 0 fully saturated rings. The summed E-state index contributed by atoms with van der Waals surface area (Å²) in [5, 5.41) is 28.3. The highest BCUT2D eigenvalue weighted by Crippen LogP contribution is 2.25. The molecule has 0 unspecified atom stereocenters. The van der Waals surface area contributed by atoms with Gasteiger partial charge in [-0.1, -0.05) is 55.3 Å². The zero-order chi connectivity index (χ0) is 22.8. The van der Waals surface area contributed by atoms with Crippen LogP contribution in [0.1, 0.15) is 44.1 Å². The minimum absolute atomic E-state index is 0.0465. The maximum atomic E-state index is 12.0. The standard InChI is InChI=1S/C25H27N3O4/c29-22-16-15-18-9-5-6-10-19(18)20(22)17-26-28-25(32)14-4-2-1-3-13-24(31)27-21-11-7-8-12-23(21)30/h5-12,15-17,29-30H,1-4,13-14H2,(H,27,31)(H,28,32). The molecule has 2 amide bonds.